The molecule has 0 N–H and O–H groups in total. The quantitative estimate of drug-likeness (QED) is 0.181. The molecule has 178 valence electrons. The molecule has 2 aromatic carbocycles. The molecule has 0 aliphatic carbocycles. The van der Waals surface area contributed by atoms with Gasteiger partial charge in [0.25, 0.3) is 0 Å². The Kier molecular flexibility index (Phi) is 11.4. The molecule has 0 fully saturated rings. The van der Waals surface area contributed by atoms with Gasteiger partial charge in [-0.15, -0.1) is 66.5 Å². The molecule has 2 aromatic rings. The Morgan fingerprint density at radius 3 is 1.19 bits per heavy atom. The second-order valence-corrected chi connectivity index (χ2v) is 26.7. The maximum absolute atomic E-state index is 5.98. The van der Waals surface area contributed by atoms with E-state index in [1.807, 2.05) is 38.1 Å². The van der Waals surface area contributed by atoms with E-state index in [2.05, 4.69) is 31.2 Å². The summed E-state index contributed by atoms with van der Waals surface area (Å²) in [5, 5.41) is 0. The first-order valence-corrected chi connectivity index (χ1v) is 20.9. The van der Waals surface area contributed by atoms with Crippen LogP contribution in [0.5, 0.6) is 11.5 Å². The van der Waals surface area contributed by atoms with Crippen LogP contribution in [0.1, 0.15) is 37.8 Å². The van der Waals surface area contributed by atoms with E-state index in [9.17, 15) is 0 Å². The number of benzene rings is 2. The molecular weight excluding hydrogens is 565 g/mol. The van der Waals surface area contributed by atoms with Crippen molar-refractivity contribution in [2.75, 3.05) is 13.2 Å². The lowest BCUT2D eigenvalue weighted by Crippen LogP contribution is -2.18. The molecule has 0 saturated carbocycles. The molecule has 2 unspecified atom stereocenters. The van der Waals surface area contributed by atoms with Gasteiger partial charge in [0.05, 0.1) is 13.2 Å². The van der Waals surface area contributed by atoms with Crippen molar-refractivity contribution in [1.82, 2.24) is 0 Å². The van der Waals surface area contributed by atoms with Crippen molar-refractivity contribution in [2.45, 2.75) is 38.8 Å². The number of halogens is 6. The summed E-state index contributed by atoms with van der Waals surface area (Å²) in [6.45, 7) is 7.29. The molecule has 0 aliphatic rings. The van der Waals surface area contributed by atoms with E-state index in [0.717, 1.165) is 11.5 Å². The van der Waals surface area contributed by atoms with Crippen LogP contribution in [0.3, 0.4) is 0 Å². The summed E-state index contributed by atoms with van der Waals surface area (Å²) in [5.74, 6) is 2.26. The summed E-state index contributed by atoms with van der Waals surface area (Å²) >= 11 is 35.9. The van der Waals surface area contributed by atoms with Gasteiger partial charge in [-0.05, 0) is 59.3 Å². The van der Waals surface area contributed by atoms with Crippen LogP contribution in [0.4, 0.5) is 0 Å². The highest BCUT2D eigenvalue weighted by molar-refractivity contribution is 7.65. The summed E-state index contributed by atoms with van der Waals surface area (Å²) in [5.41, 5.74) is 2.41. The second kappa shape index (κ2) is 12.8. The molecular formula is C22H28Cl6O2Si2. The molecule has 0 aliphatic heterocycles. The Labute approximate surface area is 221 Å². The summed E-state index contributed by atoms with van der Waals surface area (Å²) < 4.78 is 11.7. The lowest BCUT2D eigenvalue weighted by Gasteiger charge is -2.18. The molecule has 2 atom stereocenters. The zero-order chi connectivity index (χ0) is 23.9. The average molecular weight is 593 g/mol. The molecule has 0 heterocycles. The lowest BCUT2D eigenvalue weighted by molar-refractivity contribution is 0.270. The summed E-state index contributed by atoms with van der Waals surface area (Å²) in [6, 6.07) is 12.2. The monoisotopic (exact) mass is 590 g/mol. The number of hydrogen-bond donors (Lipinski definition) is 0. The summed E-state index contributed by atoms with van der Waals surface area (Å²) in [7, 11) is 0. The minimum Gasteiger partial charge on any atom is -0.493 e. The van der Waals surface area contributed by atoms with Gasteiger partial charge in [0, 0.05) is 5.92 Å². The van der Waals surface area contributed by atoms with Crippen molar-refractivity contribution < 1.29 is 9.47 Å². The normalized spacial score (nSPS) is 15.2. The fourth-order valence-electron chi connectivity index (χ4n) is 3.28. The minimum absolute atomic E-state index is 0.195. The molecule has 10 heteroatoms. The average Bonchev–Trinajstić information content (AvgIpc) is 2.68. The number of rotatable bonds is 12. The fraction of sp³-hybridized carbons (Fsp3) is 0.455. The number of ether oxygens (including phenoxy) is 2. The third kappa shape index (κ3) is 11.1. The molecule has 0 aromatic heterocycles. The maximum atomic E-state index is 5.98. The maximum Gasteiger partial charge on any atom is 0.341 e. The predicted molar refractivity (Wildman–Crippen MR) is 146 cm³/mol. The van der Waals surface area contributed by atoms with E-state index in [1.165, 1.54) is 11.1 Å². The Bertz CT molecular complexity index is 753. The van der Waals surface area contributed by atoms with Crippen LogP contribution in [0.2, 0.25) is 12.1 Å². The first-order valence-electron chi connectivity index (χ1n) is 10.4. The lowest BCUT2D eigenvalue weighted by atomic mass is 9.93. The van der Waals surface area contributed by atoms with Crippen LogP contribution in [0.25, 0.3) is 0 Å². The van der Waals surface area contributed by atoms with Crippen molar-refractivity contribution in [1.29, 1.82) is 0 Å². The Balaban J connectivity index is 1.87. The van der Waals surface area contributed by atoms with Crippen molar-refractivity contribution in [3.8, 4) is 11.5 Å². The molecule has 2 nitrogen and oxygen atoms in total. The summed E-state index contributed by atoms with van der Waals surface area (Å²) in [6.07, 6.45) is 0. The highest BCUT2D eigenvalue weighted by Crippen LogP contribution is 2.31. The van der Waals surface area contributed by atoms with Crippen LogP contribution >= 0.6 is 66.5 Å². The van der Waals surface area contributed by atoms with E-state index in [-0.39, 0.29) is 17.8 Å². The van der Waals surface area contributed by atoms with Gasteiger partial charge in [-0.2, -0.15) is 0 Å². The topological polar surface area (TPSA) is 18.5 Å². The molecule has 0 saturated heterocycles. The molecule has 0 amide bonds. The molecule has 0 spiro atoms. The van der Waals surface area contributed by atoms with Crippen LogP contribution < -0.4 is 9.47 Å². The Morgan fingerprint density at radius 2 is 0.906 bits per heavy atom. The van der Waals surface area contributed by atoms with Crippen molar-refractivity contribution in [3.05, 3.63) is 59.7 Å². The largest absolute Gasteiger partial charge is 0.493 e. The van der Waals surface area contributed by atoms with E-state index in [4.69, 9.17) is 75.9 Å². The molecule has 0 bridgehead atoms. The SMILES string of the molecule is CC(COc1ccc(C(C)c2ccc(OCC(C)C[Si](Cl)(Cl)Cl)cc2)cc1)C[Si](Cl)(Cl)Cl. The third-order valence-corrected chi connectivity index (χ3v) is 10.1. The zero-order valence-electron chi connectivity index (χ0n) is 18.3. The molecule has 0 radical (unpaired) electrons. The van der Waals surface area contributed by atoms with Crippen molar-refractivity contribution >= 4 is 78.5 Å². The van der Waals surface area contributed by atoms with E-state index in [0.29, 0.717) is 25.3 Å². The molecule has 2 rings (SSSR count). The van der Waals surface area contributed by atoms with Gasteiger partial charge < -0.3 is 9.47 Å². The first kappa shape index (κ1) is 28.5. The predicted octanol–water partition coefficient (Wildman–Crippen LogP) is 9.18. The number of hydrogen-bond acceptors (Lipinski definition) is 2. The molecule has 32 heavy (non-hydrogen) atoms. The summed E-state index contributed by atoms with van der Waals surface area (Å²) in [4.78, 5) is 0. The van der Waals surface area contributed by atoms with Gasteiger partial charge in [0.1, 0.15) is 11.5 Å². The van der Waals surface area contributed by atoms with Gasteiger partial charge in [0.2, 0.25) is 0 Å². The second-order valence-electron chi connectivity index (χ2n) is 8.33. The van der Waals surface area contributed by atoms with Crippen molar-refractivity contribution in [3.63, 3.8) is 0 Å². The van der Waals surface area contributed by atoms with Crippen LogP contribution in [0, 0.1) is 11.8 Å². The van der Waals surface area contributed by atoms with Gasteiger partial charge >= 0.3 is 12.0 Å². The Morgan fingerprint density at radius 1 is 0.594 bits per heavy atom. The zero-order valence-corrected chi connectivity index (χ0v) is 24.8. The first-order chi connectivity index (χ1) is 14.8. The van der Waals surface area contributed by atoms with E-state index < -0.39 is 12.0 Å². The van der Waals surface area contributed by atoms with Gasteiger partial charge in [-0.25, -0.2) is 0 Å². The smallest absolute Gasteiger partial charge is 0.341 e. The highest BCUT2D eigenvalue weighted by Gasteiger charge is 2.28. The minimum atomic E-state index is -2.63. The highest BCUT2D eigenvalue weighted by atomic mass is 35.8. The fourth-order valence-corrected chi connectivity index (χ4v) is 9.84. The van der Waals surface area contributed by atoms with E-state index >= 15 is 0 Å². The van der Waals surface area contributed by atoms with Crippen LogP contribution in [0.15, 0.2) is 48.5 Å². The Hall–Kier alpha value is 0.214. The van der Waals surface area contributed by atoms with Crippen LogP contribution in [-0.2, 0) is 0 Å². The van der Waals surface area contributed by atoms with E-state index in [1.54, 1.807) is 0 Å². The standard InChI is InChI=1S/C22H28Cl6O2Si2/c1-16(14-31(23,24)25)12-29-21-8-4-19(5-9-21)18(3)20-6-10-22(11-7-20)30-13-17(2)15-32(26,27)28/h4-11,16-18H,12-15H2,1-3H3. The van der Waals surface area contributed by atoms with Gasteiger partial charge in [-0.3, -0.25) is 0 Å². The van der Waals surface area contributed by atoms with Crippen LogP contribution in [-0.4, -0.2) is 25.2 Å². The van der Waals surface area contributed by atoms with Gasteiger partial charge in [0.15, 0.2) is 0 Å². The van der Waals surface area contributed by atoms with Gasteiger partial charge in [-0.1, -0.05) is 45.0 Å². The van der Waals surface area contributed by atoms with Crippen molar-refractivity contribution in [2.24, 2.45) is 11.8 Å². The third-order valence-electron chi connectivity index (χ3n) is 4.99.